The molecule has 7 heteroatoms. The molecule has 1 rings (SSSR count). The Hall–Kier alpha value is -1.26. The third-order valence-electron chi connectivity index (χ3n) is 1.95. The van der Waals surface area contributed by atoms with E-state index in [1.54, 1.807) is 24.3 Å². The predicted molar refractivity (Wildman–Crippen MR) is 73.1 cm³/mol. The molecule has 0 spiro atoms. The van der Waals surface area contributed by atoms with E-state index in [1.165, 1.54) is 0 Å². The van der Waals surface area contributed by atoms with Gasteiger partial charge in [-0.15, -0.1) is 0 Å². The lowest BCUT2D eigenvalue weighted by molar-refractivity contribution is 0.313. The Bertz CT molecular complexity index is 525. The Morgan fingerprint density at radius 2 is 2.22 bits per heavy atom. The minimum Gasteiger partial charge on any atom is -0.493 e. The molecule has 0 fully saturated rings. The number of unbranched alkanes of at least 4 members (excludes halogenated alkanes) is 1. The second-order valence-electron chi connectivity index (χ2n) is 3.46. The van der Waals surface area contributed by atoms with Crippen LogP contribution >= 0.6 is 15.9 Å². The lowest BCUT2D eigenvalue weighted by Gasteiger charge is -2.08. The van der Waals surface area contributed by atoms with Gasteiger partial charge in [-0.3, -0.25) is 4.72 Å². The van der Waals surface area contributed by atoms with Crippen LogP contribution in [-0.2, 0) is 10.0 Å². The van der Waals surface area contributed by atoms with Crippen LogP contribution in [0.5, 0.6) is 5.75 Å². The molecule has 0 saturated carbocycles. The minimum atomic E-state index is -3.35. The van der Waals surface area contributed by atoms with Gasteiger partial charge in [0.25, 0.3) is 0 Å². The molecule has 5 nitrogen and oxygen atoms in total. The van der Waals surface area contributed by atoms with E-state index >= 15 is 0 Å². The van der Waals surface area contributed by atoms with Gasteiger partial charge in [-0.1, -0.05) is 22.0 Å². The number of halogens is 1. The largest absolute Gasteiger partial charge is 0.493 e. The Balaban J connectivity index is 2.60. The first-order valence-electron chi connectivity index (χ1n) is 5.23. The minimum absolute atomic E-state index is 0.159. The number of alkyl halides is 1. The zero-order valence-corrected chi connectivity index (χ0v) is 12.0. The number of nitrogens with one attached hydrogen (secondary N) is 1. The standard InChI is InChI=1S/C11H13BrN2O3S/c12-9-18(15,16)14-10-4-3-5-11(8-10)17-7-2-1-6-13/h3-5,8,14H,1-2,7,9H2. The van der Waals surface area contributed by atoms with E-state index in [1.807, 2.05) is 6.07 Å². The van der Waals surface area contributed by atoms with E-state index in [0.717, 1.165) is 0 Å². The lowest BCUT2D eigenvalue weighted by atomic mass is 10.3. The van der Waals surface area contributed by atoms with Crippen LogP contribution in [0.3, 0.4) is 0 Å². The SMILES string of the molecule is N#CCCCOc1cccc(NS(=O)(=O)CBr)c1. The van der Waals surface area contributed by atoms with Crippen molar-refractivity contribution < 1.29 is 13.2 Å². The maximum absolute atomic E-state index is 11.3. The zero-order valence-electron chi connectivity index (χ0n) is 9.60. The molecule has 98 valence electrons. The maximum atomic E-state index is 11.3. The highest BCUT2D eigenvalue weighted by atomic mass is 79.9. The van der Waals surface area contributed by atoms with Crippen molar-refractivity contribution in [2.45, 2.75) is 12.8 Å². The van der Waals surface area contributed by atoms with Crippen molar-refractivity contribution in [1.82, 2.24) is 0 Å². The second kappa shape index (κ2) is 7.24. The number of benzene rings is 1. The molecule has 1 aromatic rings. The molecule has 0 aromatic heterocycles. The first-order valence-corrected chi connectivity index (χ1v) is 8.01. The van der Waals surface area contributed by atoms with Crippen molar-refractivity contribution in [3.05, 3.63) is 24.3 Å². The lowest BCUT2D eigenvalue weighted by Crippen LogP contribution is -2.13. The molecule has 0 atom stereocenters. The van der Waals surface area contributed by atoms with Gasteiger partial charge in [-0.05, 0) is 18.6 Å². The van der Waals surface area contributed by atoms with Crippen molar-refractivity contribution in [1.29, 1.82) is 5.26 Å². The molecule has 1 N–H and O–H groups in total. The maximum Gasteiger partial charge on any atom is 0.242 e. The molecule has 0 aliphatic rings. The molecule has 0 saturated heterocycles. The Kier molecular flexibility index (Phi) is 5.95. The second-order valence-corrected chi connectivity index (χ2v) is 6.49. The Morgan fingerprint density at radius 3 is 2.89 bits per heavy atom. The van der Waals surface area contributed by atoms with Crippen LogP contribution in [0.2, 0.25) is 0 Å². The fraction of sp³-hybridized carbons (Fsp3) is 0.364. The van der Waals surface area contributed by atoms with Crippen LogP contribution in [0, 0.1) is 11.3 Å². The van der Waals surface area contributed by atoms with E-state index in [9.17, 15) is 8.42 Å². The summed E-state index contributed by atoms with van der Waals surface area (Å²) in [6.07, 6.45) is 1.09. The van der Waals surface area contributed by atoms with E-state index in [4.69, 9.17) is 10.00 Å². The van der Waals surface area contributed by atoms with Crippen LogP contribution in [0.15, 0.2) is 24.3 Å². The van der Waals surface area contributed by atoms with Crippen molar-refractivity contribution in [2.75, 3.05) is 16.0 Å². The van der Waals surface area contributed by atoms with Crippen LogP contribution in [0.1, 0.15) is 12.8 Å². The molecule has 0 bridgehead atoms. The monoisotopic (exact) mass is 332 g/mol. The number of sulfonamides is 1. The zero-order chi connectivity index (χ0) is 13.4. The average Bonchev–Trinajstić information content (AvgIpc) is 2.35. The third-order valence-corrected chi connectivity index (χ3v) is 4.59. The van der Waals surface area contributed by atoms with Crippen LogP contribution in [-0.4, -0.2) is 19.7 Å². The third kappa shape index (κ3) is 5.38. The van der Waals surface area contributed by atoms with Gasteiger partial charge < -0.3 is 4.74 Å². The summed E-state index contributed by atoms with van der Waals surface area (Å²) >= 11 is 2.89. The Morgan fingerprint density at radius 1 is 1.44 bits per heavy atom. The molecular formula is C11H13BrN2O3S. The quantitative estimate of drug-likeness (QED) is 0.614. The summed E-state index contributed by atoms with van der Waals surface area (Å²) in [7, 11) is -3.35. The summed E-state index contributed by atoms with van der Waals surface area (Å²) < 4.78 is 30.3. The number of rotatable bonds is 7. The summed E-state index contributed by atoms with van der Waals surface area (Å²) in [4.78, 5) is 0. The molecule has 0 aliphatic heterocycles. The number of hydrogen-bond acceptors (Lipinski definition) is 4. The molecular weight excluding hydrogens is 320 g/mol. The van der Waals surface area contributed by atoms with E-state index in [2.05, 4.69) is 20.7 Å². The van der Waals surface area contributed by atoms with Crippen molar-refractivity contribution in [3.8, 4) is 11.8 Å². The fourth-order valence-electron chi connectivity index (χ4n) is 1.20. The average molecular weight is 333 g/mol. The smallest absolute Gasteiger partial charge is 0.242 e. The molecule has 1 aromatic carbocycles. The number of ether oxygens (including phenoxy) is 1. The van der Waals surface area contributed by atoms with Crippen LogP contribution < -0.4 is 9.46 Å². The van der Waals surface area contributed by atoms with E-state index in [-0.39, 0.29) is 4.66 Å². The first-order chi connectivity index (χ1) is 8.57. The van der Waals surface area contributed by atoms with Crippen LogP contribution in [0.4, 0.5) is 5.69 Å². The van der Waals surface area contributed by atoms with Crippen molar-refractivity contribution in [3.63, 3.8) is 0 Å². The van der Waals surface area contributed by atoms with Gasteiger partial charge >= 0.3 is 0 Å². The molecule has 0 heterocycles. The molecule has 0 radical (unpaired) electrons. The molecule has 0 aliphatic carbocycles. The highest BCUT2D eigenvalue weighted by Gasteiger charge is 2.07. The predicted octanol–water partition coefficient (Wildman–Crippen LogP) is 2.46. The van der Waals surface area contributed by atoms with E-state index < -0.39 is 10.0 Å². The van der Waals surface area contributed by atoms with Gasteiger partial charge in [0.1, 0.15) is 10.4 Å². The van der Waals surface area contributed by atoms with Gasteiger partial charge in [-0.2, -0.15) is 5.26 Å². The number of nitrogens with zero attached hydrogens (tertiary/aromatic N) is 1. The summed E-state index contributed by atoms with van der Waals surface area (Å²) in [5, 5.41) is 8.38. The highest BCUT2D eigenvalue weighted by molar-refractivity contribution is 9.10. The number of hydrogen-bond donors (Lipinski definition) is 1. The first kappa shape index (κ1) is 14.8. The molecule has 0 unspecified atom stereocenters. The van der Waals surface area contributed by atoms with Gasteiger partial charge in [0, 0.05) is 12.5 Å². The number of anilines is 1. The van der Waals surface area contributed by atoms with Crippen molar-refractivity contribution >= 4 is 31.6 Å². The topological polar surface area (TPSA) is 79.2 Å². The highest BCUT2D eigenvalue weighted by Crippen LogP contribution is 2.19. The molecule has 18 heavy (non-hydrogen) atoms. The normalized spacial score (nSPS) is 10.7. The Labute approximate surface area is 115 Å². The van der Waals surface area contributed by atoms with Gasteiger partial charge in [0.15, 0.2) is 0 Å². The van der Waals surface area contributed by atoms with Crippen LogP contribution in [0.25, 0.3) is 0 Å². The van der Waals surface area contributed by atoms with Gasteiger partial charge in [0.05, 0.1) is 18.4 Å². The summed E-state index contributed by atoms with van der Waals surface area (Å²) in [6.45, 7) is 0.433. The van der Waals surface area contributed by atoms with E-state index in [0.29, 0.717) is 30.9 Å². The summed E-state index contributed by atoms with van der Waals surface area (Å²) in [6, 6.07) is 8.71. The summed E-state index contributed by atoms with van der Waals surface area (Å²) in [5.41, 5.74) is 0.451. The fourth-order valence-corrected chi connectivity index (χ4v) is 2.08. The molecule has 0 amide bonds. The number of nitriles is 1. The van der Waals surface area contributed by atoms with Gasteiger partial charge in [0.2, 0.25) is 10.0 Å². The van der Waals surface area contributed by atoms with Gasteiger partial charge in [-0.25, -0.2) is 8.42 Å². The summed E-state index contributed by atoms with van der Waals surface area (Å²) in [5.74, 6) is 0.572. The van der Waals surface area contributed by atoms with Crippen molar-refractivity contribution in [2.24, 2.45) is 0 Å².